The average Bonchev–Trinajstić information content (AvgIpc) is 3.00. The van der Waals surface area contributed by atoms with Crippen molar-refractivity contribution >= 4 is 5.91 Å². The van der Waals surface area contributed by atoms with Gasteiger partial charge < -0.3 is 25.3 Å². The SMILES string of the molecule is NCC1(C(=O)NCc2ccc3c(c2)OCO3)CCOCC1. The lowest BCUT2D eigenvalue weighted by Gasteiger charge is -2.34. The van der Waals surface area contributed by atoms with E-state index in [0.29, 0.717) is 39.1 Å². The van der Waals surface area contributed by atoms with Gasteiger partial charge in [0.15, 0.2) is 11.5 Å². The Morgan fingerprint density at radius 1 is 1.24 bits per heavy atom. The van der Waals surface area contributed by atoms with E-state index in [4.69, 9.17) is 19.9 Å². The number of carbonyl (C=O) groups excluding carboxylic acids is 1. The molecule has 114 valence electrons. The maximum atomic E-state index is 12.5. The van der Waals surface area contributed by atoms with Crippen molar-refractivity contribution in [2.75, 3.05) is 26.6 Å². The molecule has 1 amide bonds. The molecule has 21 heavy (non-hydrogen) atoms. The van der Waals surface area contributed by atoms with Crippen molar-refractivity contribution in [3.8, 4) is 11.5 Å². The second-order valence-corrected chi connectivity index (χ2v) is 5.47. The standard InChI is InChI=1S/C15H20N2O4/c16-9-15(3-5-19-6-4-15)14(18)17-8-11-1-2-12-13(7-11)21-10-20-12/h1-2,7H,3-6,8-10,16H2,(H,17,18). The smallest absolute Gasteiger partial charge is 0.231 e. The summed E-state index contributed by atoms with van der Waals surface area (Å²) in [7, 11) is 0. The zero-order chi connectivity index (χ0) is 14.7. The Hall–Kier alpha value is -1.79. The third-order valence-corrected chi connectivity index (χ3v) is 4.21. The van der Waals surface area contributed by atoms with Gasteiger partial charge >= 0.3 is 0 Å². The van der Waals surface area contributed by atoms with Crippen molar-refractivity contribution in [1.82, 2.24) is 5.32 Å². The minimum absolute atomic E-state index is 0.00552. The fraction of sp³-hybridized carbons (Fsp3) is 0.533. The number of hydrogen-bond donors (Lipinski definition) is 2. The molecular weight excluding hydrogens is 272 g/mol. The van der Waals surface area contributed by atoms with Crippen molar-refractivity contribution in [3.05, 3.63) is 23.8 Å². The number of carbonyl (C=O) groups is 1. The molecule has 3 rings (SSSR count). The van der Waals surface area contributed by atoms with Crippen LogP contribution in [-0.4, -0.2) is 32.5 Å². The highest BCUT2D eigenvalue weighted by molar-refractivity contribution is 5.83. The third kappa shape index (κ3) is 2.82. The van der Waals surface area contributed by atoms with Crippen LogP contribution in [0.4, 0.5) is 0 Å². The second kappa shape index (κ2) is 5.91. The second-order valence-electron chi connectivity index (χ2n) is 5.47. The van der Waals surface area contributed by atoms with Crippen molar-refractivity contribution < 1.29 is 19.0 Å². The summed E-state index contributed by atoms with van der Waals surface area (Å²) in [6.07, 6.45) is 1.35. The lowest BCUT2D eigenvalue weighted by Crippen LogP contribution is -2.48. The van der Waals surface area contributed by atoms with E-state index in [-0.39, 0.29) is 12.7 Å². The summed E-state index contributed by atoms with van der Waals surface area (Å²) in [6, 6.07) is 5.67. The minimum Gasteiger partial charge on any atom is -0.454 e. The van der Waals surface area contributed by atoms with Gasteiger partial charge in [-0.2, -0.15) is 0 Å². The predicted octanol–water partition coefficient (Wildman–Crippen LogP) is 0.787. The lowest BCUT2D eigenvalue weighted by atomic mass is 9.79. The van der Waals surface area contributed by atoms with E-state index in [1.54, 1.807) is 0 Å². The van der Waals surface area contributed by atoms with Gasteiger partial charge in [-0.1, -0.05) is 6.07 Å². The Bertz CT molecular complexity index is 526. The predicted molar refractivity (Wildman–Crippen MR) is 76.0 cm³/mol. The molecule has 1 aromatic carbocycles. The lowest BCUT2D eigenvalue weighted by molar-refractivity contribution is -0.136. The number of nitrogens with one attached hydrogen (secondary N) is 1. The number of rotatable bonds is 4. The van der Waals surface area contributed by atoms with Crippen LogP contribution < -0.4 is 20.5 Å². The molecule has 0 spiro atoms. The van der Waals surface area contributed by atoms with Gasteiger partial charge in [-0.15, -0.1) is 0 Å². The molecule has 2 aliphatic heterocycles. The van der Waals surface area contributed by atoms with E-state index in [0.717, 1.165) is 17.1 Å². The topological polar surface area (TPSA) is 82.8 Å². The van der Waals surface area contributed by atoms with Gasteiger partial charge in [0.1, 0.15) is 0 Å². The van der Waals surface area contributed by atoms with Gasteiger partial charge in [0, 0.05) is 26.3 Å². The molecular formula is C15H20N2O4. The molecule has 0 unspecified atom stereocenters. The molecule has 0 aromatic heterocycles. The maximum absolute atomic E-state index is 12.5. The van der Waals surface area contributed by atoms with Gasteiger partial charge in [-0.25, -0.2) is 0 Å². The van der Waals surface area contributed by atoms with Crippen LogP contribution in [0, 0.1) is 5.41 Å². The summed E-state index contributed by atoms with van der Waals surface area (Å²) < 4.78 is 15.9. The molecule has 0 bridgehead atoms. The molecule has 2 heterocycles. The first-order valence-electron chi connectivity index (χ1n) is 7.18. The van der Waals surface area contributed by atoms with E-state index in [1.165, 1.54) is 0 Å². The first kappa shape index (κ1) is 14.2. The Morgan fingerprint density at radius 3 is 2.76 bits per heavy atom. The number of nitrogens with two attached hydrogens (primary N) is 1. The number of benzene rings is 1. The number of amides is 1. The van der Waals surface area contributed by atoms with Crippen LogP contribution in [0.3, 0.4) is 0 Å². The highest BCUT2D eigenvalue weighted by atomic mass is 16.7. The monoisotopic (exact) mass is 292 g/mol. The van der Waals surface area contributed by atoms with Crippen LogP contribution in [0.25, 0.3) is 0 Å². The van der Waals surface area contributed by atoms with E-state index in [1.807, 2.05) is 18.2 Å². The van der Waals surface area contributed by atoms with Crippen LogP contribution in [-0.2, 0) is 16.1 Å². The van der Waals surface area contributed by atoms with Crippen LogP contribution in [0.1, 0.15) is 18.4 Å². The normalized spacial score (nSPS) is 19.3. The molecule has 1 saturated heterocycles. The van der Waals surface area contributed by atoms with Gasteiger partial charge in [0.2, 0.25) is 12.7 Å². The number of hydrogen-bond acceptors (Lipinski definition) is 5. The largest absolute Gasteiger partial charge is 0.454 e. The molecule has 6 nitrogen and oxygen atoms in total. The first-order chi connectivity index (χ1) is 10.2. The molecule has 0 aliphatic carbocycles. The summed E-state index contributed by atoms with van der Waals surface area (Å²) in [5.74, 6) is 1.47. The Morgan fingerprint density at radius 2 is 2.00 bits per heavy atom. The first-order valence-corrected chi connectivity index (χ1v) is 7.18. The zero-order valence-corrected chi connectivity index (χ0v) is 11.9. The number of ether oxygens (including phenoxy) is 3. The molecule has 0 radical (unpaired) electrons. The van der Waals surface area contributed by atoms with Gasteiger partial charge in [0.25, 0.3) is 0 Å². The van der Waals surface area contributed by atoms with Crippen LogP contribution >= 0.6 is 0 Å². The van der Waals surface area contributed by atoms with Crippen LogP contribution in [0.5, 0.6) is 11.5 Å². The zero-order valence-electron chi connectivity index (χ0n) is 11.9. The maximum Gasteiger partial charge on any atom is 0.231 e. The van der Waals surface area contributed by atoms with E-state index >= 15 is 0 Å². The van der Waals surface area contributed by atoms with Gasteiger partial charge in [-0.05, 0) is 30.5 Å². The van der Waals surface area contributed by atoms with Crippen molar-refractivity contribution in [3.63, 3.8) is 0 Å². The van der Waals surface area contributed by atoms with Gasteiger partial charge in [0.05, 0.1) is 5.41 Å². The molecule has 0 saturated carbocycles. The average molecular weight is 292 g/mol. The summed E-state index contributed by atoms with van der Waals surface area (Å²) in [6.45, 7) is 2.24. The Labute approximate surface area is 123 Å². The fourth-order valence-corrected chi connectivity index (χ4v) is 2.71. The third-order valence-electron chi connectivity index (χ3n) is 4.21. The molecule has 3 N–H and O–H groups in total. The molecule has 1 aromatic rings. The summed E-state index contributed by atoms with van der Waals surface area (Å²) >= 11 is 0. The summed E-state index contributed by atoms with van der Waals surface area (Å²) in [5.41, 5.74) is 6.32. The summed E-state index contributed by atoms with van der Waals surface area (Å²) in [4.78, 5) is 12.5. The van der Waals surface area contributed by atoms with E-state index < -0.39 is 5.41 Å². The van der Waals surface area contributed by atoms with E-state index in [2.05, 4.69) is 5.32 Å². The van der Waals surface area contributed by atoms with E-state index in [9.17, 15) is 4.79 Å². The quantitative estimate of drug-likeness (QED) is 0.857. The molecule has 2 aliphatic rings. The summed E-state index contributed by atoms with van der Waals surface area (Å²) in [5, 5.41) is 2.98. The number of fused-ring (bicyclic) bond motifs is 1. The Kier molecular flexibility index (Phi) is 3.98. The molecule has 0 atom stereocenters. The van der Waals surface area contributed by atoms with Crippen LogP contribution in [0.2, 0.25) is 0 Å². The van der Waals surface area contributed by atoms with Crippen molar-refractivity contribution in [2.45, 2.75) is 19.4 Å². The van der Waals surface area contributed by atoms with Gasteiger partial charge in [-0.3, -0.25) is 4.79 Å². The van der Waals surface area contributed by atoms with Crippen molar-refractivity contribution in [2.24, 2.45) is 11.1 Å². The minimum atomic E-state index is -0.491. The fourth-order valence-electron chi connectivity index (χ4n) is 2.71. The molecule has 6 heteroatoms. The Balaban J connectivity index is 1.62. The molecule has 1 fully saturated rings. The van der Waals surface area contributed by atoms with Crippen LogP contribution in [0.15, 0.2) is 18.2 Å². The highest BCUT2D eigenvalue weighted by Crippen LogP contribution is 2.33. The highest BCUT2D eigenvalue weighted by Gasteiger charge is 2.38. The van der Waals surface area contributed by atoms with Crippen molar-refractivity contribution in [1.29, 1.82) is 0 Å².